The van der Waals surface area contributed by atoms with Gasteiger partial charge in [0.25, 0.3) is 0 Å². The van der Waals surface area contributed by atoms with Gasteiger partial charge >= 0.3 is 0 Å². The first-order chi connectivity index (χ1) is 10.7. The first-order valence-electron chi connectivity index (χ1n) is 7.67. The molecule has 1 aliphatic heterocycles. The highest BCUT2D eigenvalue weighted by Gasteiger charge is 2.32. The second-order valence-electron chi connectivity index (χ2n) is 5.75. The van der Waals surface area contributed by atoms with E-state index >= 15 is 0 Å². The molecule has 0 unspecified atom stereocenters. The molecule has 0 N–H and O–H groups in total. The molecule has 6 heteroatoms. The van der Waals surface area contributed by atoms with Crippen LogP contribution in [0.2, 0.25) is 0 Å². The third-order valence-electron chi connectivity index (χ3n) is 4.10. The number of aromatic nitrogens is 1. The van der Waals surface area contributed by atoms with Gasteiger partial charge in [-0.05, 0) is 18.9 Å². The minimum Gasteiger partial charge on any atom is -0.471 e. The fraction of sp³-hybridized carbons (Fsp3) is 0.562. The van der Waals surface area contributed by atoms with Gasteiger partial charge in [0.05, 0.1) is 30.5 Å². The van der Waals surface area contributed by atoms with Crippen molar-refractivity contribution in [2.45, 2.75) is 37.0 Å². The van der Waals surface area contributed by atoms with Crippen molar-refractivity contribution in [2.24, 2.45) is 0 Å². The maximum atomic E-state index is 12.1. The number of rotatable bonds is 5. The lowest BCUT2D eigenvalue weighted by Crippen LogP contribution is -2.56. The third-order valence-corrected chi connectivity index (χ3v) is 5.45. The van der Waals surface area contributed by atoms with Crippen LogP contribution in [0.4, 0.5) is 0 Å². The van der Waals surface area contributed by atoms with E-state index in [1.807, 2.05) is 4.90 Å². The Morgan fingerprint density at radius 2 is 2.23 bits per heavy atom. The lowest BCUT2D eigenvalue weighted by atomic mass is 10.1. The molecular weight excluding hydrogens is 298 g/mol. The Hall–Kier alpha value is -1.74. The van der Waals surface area contributed by atoms with E-state index in [9.17, 15) is 4.79 Å². The zero-order chi connectivity index (χ0) is 15.4. The summed E-state index contributed by atoms with van der Waals surface area (Å²) in [6.07, 6.45) is 6.67. The van der Waals surface area contributed by atoms with Gasteiger partial charge in [-0.1, -0.05) is 12.8 Å². The van der Waals surface area contributed by atoms with Crippen molar-refractivity contribution in [3.8, 4) is 11.9 Å². The monoisotopic (exact) mass is 317 g/mol. The second-order valence-corrected chi connectivity index (χ2v) is 7.04. The van der Waals surface area contributed by atoms with E-state index in [1.54, 1.807) is 30.1 Å². The molecule has 1 saturated carbocycles. The Bertz CT molecular complexity index is 575. The highest BCUT2D eigenvalue weighted by atomic mass is 32.2. The first kappa shape index (κ1) is 15.2. The van der Waals surface area contributed by atoms with Crippen molar-refractivity contribution in [1.29, 1.82) is 5.26 Å². The molecule has 116 valence electrons. The minimum atomic E-state index is -0.0122. The molecule has 1 saturated heterocycles. The third kappa shape index (κ3) is 3.72. The topological polar surface area (TPSA) is 66.2 Å². The van der Waals surface area contributed by atoms with Gasteiger partial charge in [-0.15, -0.1) is 11.8 Å². The van der Waals surface area contributed by atoms with Crippen LogP contribution in [0.1, 0.15) is 31.2 Å². The average Bonchev–Trinajstić information content (AvgIpc) is 3.01. The van der Waals surface area contributed by atoms with Gasteiger partial charge in [0.2, 0.25) is 11.8 Å². The van der Waals surface area contributed by atoms with E-state index in [0.29, 0.717) is 35.5 Å². The van der Waals surface area contributed by atoms with Crippen LogP contribution in [-0.4, -0.2) is 46.0 Å². The van der Waals surface area contributed by atoms with Crippen LogP contribution in [0.5, 0.6) is 5.88 Å². The molecule has 0 spiro atoms. The Kier molecular flexibility index (Phi) is 4.84. The summed E-state index contributed by atoms with van der Waals surface area (Å²) in [6.45, 7) is 1.23. The molecule has 22 heavy (non-hydrogen) atoms. The lowest BCUT2D eigenvalue weighted by molar-refractivity contribution is -0.137. The Morgan fingerprint density at radius 3 is 2.95 bits per heavy atom. The maximum Gasteiger partial charge on any atom is 0.232 e. The molecule has 2 heterocycles. The van der Waals surface area contributed by atoms with Crippen molar-refractivity contribution >= 4 is 17.7 Å². The molecule has 1 aromatic rings. The molecule has 1 aliphatic carbocycles. The summed E-state index contributed by atoms with van der Waals surface area (Å²) in [7, 11) is 0. The van der Waals surface area contributed by atoms with Gasteiger partial charge in [0, 0.05) is 17.5 Å². The van der Waals surface area contributed by atoms with Crippen molar-refractivity contribution in [3.63, 3.8) is 0 Å². The average molecular weight is 317 g/mol. The zero-order valence-electron chi connectivity index (χ0n) is 12.4. The van der Waals surface area contributed by atoms with Crippen LogP contribution in [0, 0.1) is 11.3 Å². The zero-order valence-corrected chi connectivity index (χ0v) is 13.2. The van der Waals surface area contributed by atoms with Crippen LogP contribution < -0.4 is 4.74 Å². The summed E-state index contributed by atoms with van der Waals surface area (Å²) >= 11 is 1.80. The molecule has 0 aromatic carbocycles. The van der Waals surface area contributed by atoms with Gasteiger partial charge in [-0.2, -0.15) is 5.26 Å². The summed E-state index contributed by atoms with van der Waals surface area (Å²) < 4.78 is 5.69. The minimum absolute atomic E-state index is 0.0122. The van der Waals surface area contributed by atoms with Crippen molar-refractivity contribution in [3.05, 3.63) is 23.9 Å². The van der Waals surface area contributed by atoms with Crippen LogP contribution >= 0.6 is 11.8 Å². The van der Waals surface area contributed by atoms with Crippen molar-refractivity contribution < 1.29 is 9.53 Å². The summed E-state index contributed by atoms with van der Waals surface area (Å²) in [5.41, 5.74) is 0.533. The molecule has 0 atom stereocenters. The highest BCUT2D eigenvalue weighted by molar-refractivity contribution is 8.00. The fourth-order valence-electron chi connectivity index (χ4n) is 2.77. The van der Waals surface area contributed by atoms with Gasteiger partial charge in [0.15, 0.2) is 0 Å². The summed E-state index contributed by atoms with van der Waals surface area (Å²) in [6, 6.07) is 5.33. The number of nitrogens with zero attached hydrogens (tertiary/aromatic N) is 3. The number of hydrogen-bond acceptors (Lipinski definition) is 5. The van der Waals surface area contributed by atoms with E-state index in [1.165, 1.54) is 25.7 Å². The van der Waals surface area contributed by atoms with E-state index < -0.39 is 0 Å². The van der Waals surface area contributed by atoms with E-state index in [4.69, 9.17) is 10.00 Å². The number of likely N-dealkylation sites (tertiary alicyclic amines) is 1. The second kappa shape index (κ2) is 7.01. The maximum absolute atomic E-state index is 12.1. The summed E-state index contributed by atoms with van der Waals surface area (Å²) in [4.78, 5) is 18.0. The molecule has 0 bridgehead atoms. The van der Waals surface area contributed by atoms with E-state index in [-0.39, 0.29) is 12.0 Å². The van der Waals surface area contributed by atoms with Crippen LogP contribution in [0.25, 0.3) is 0 Å². The Morgan fingerprint density at radius 1 is 1.45 bits per heavy atom. The Balaban J connectivity index is 1.39. The first-order valence-corrected chi connectivity index (χ1v) is 8.71. The molecular formula is C16H19N3O2S. The number of nitriles is 1. The number of carbonyl (C=O) groups excluding carboxylic acids is 1. The van der Waals surface area contributed by atoms with Gasteiger partial charge in [0.1, 0.15) is 6.10 Å². The molecule has 1 aromatic heterocycles. The molecule has 1 amide bonds. The normalized spacial score (nSPS) is 18.8. The number of carbonyl (C=O) groups is 1. The number of ether oxygens (including phenoxy) is 1. The molecule has 3 rings (SSSR count). The lowest BCUT2D eigenvalue weighted by Gasteiger charge is -2.38. The molecule has 5 nitrogen and oxygen atoms in total. The van der Waals surface area contributed by atoms with Crippen LogP contribution in [-0.2, 0) is 4.79 Å². The van der Waals surface area contributed by atoms with Gasteiger partial charge in [-0.25, -0.2) is 4.98 Å². The predicted octanol–water partition coefficient (Wildman–Crippen LogP) is 2.22. The summed E-state index contributed by atoms with van der Waals surface area (Å²) in [5, 5.41) is 9.52. The number of hydrogen-bond donors (Lipinski definition) is 0. The predicted molar refractivity (Wildman–Crippen MR) is 84.7 cm³/mol. The van der Waals surface area contributed by atoms with Gasteiger partial charge < -0.3 is 9.64 Å². The molecule has 0 radical (unpaired) electrons. The largest absolute Gasteiger partial charge is 0.471 e. The SMILES string of the molecule is N#Cc1ccnc(OC2CN(C(=O)CSC3CCCC3)C2)c1. The Labute approximate surface area is 134 Å². The number of thioether (sulfide) groups is 1. The van der Waals surface area contributed by atoms with E-state index in [2.05, 4.69) is 11.1 Å². The number of pyridine rings is 1. The van der Waals surface area contributed by atoms with Crippen molar-refractivity contribution in [2.75, 3.05) is 18.8 Å². The van der Waals surface area contributed by atoms with Gasteiger partial charge in [-0.3, -0.25) is 4.79 Å². The molecule has 2 fully saturated rings. The fourth-order valence-corrected chi connectivity index (χ4v) is 3.99. The quantitative estimate of drug-likeness (QED) is 0.833. The standard InChI is InChI=1S/C16H19N3O2S/c17-8-12-5-6-18-15(7-12)21-13-9-19(10-13)16(20)11-22-14-3-1-2-4-14/h5-7,13-14H,1-4,9-11H2. The van der Waals surface area contributed by atoms with E-state index in [0.717, 1.165) is 0 Å². The number of amides is 1. The smallest absolute Gasteiger partial charge is 0.232 e. The highest BCUT2D eigenvalue weighted by Crippen LogP contribution is 2.29. The van der Waals surface area contributed by atoms with Crippen molar-refractivity contribution in [1.82, 2.24) is 9.88 Å². The summed E-state index contributed by atoms with van der Waals surface area (Å²) in [5.74, 6) is 1.24. The van der Waals surface area contributed by atoms with Crippen LogP contribution in [0.15, 0.2) is 18.3 Å². The molecule has 2 aliphatic rings. The van der Waals surface area contributed by atoms with Crippen LogP contribution in [0.3, 0.4) is 0 Å².